The Labute approximate surface area is 125 Å². The minimum Gasteiger partial charge on any atom is -0.490 e. The summed E-state index contributed by atoms with van der Waals surface area (Å²) in [6.45, 7) is 4.62. The number of hydrogen-bond acceptors (Lipinski definition) is 4. The Morgan fingerprint density at radius 3 is 3.14 bits per heavy atom. The SMILES string of the molecule is CC(Cc1ccc2c(c1)NCCO2)NCc1ccccn1. The van der Waals surface area contributed by atoms with Crippen molar-refractivity contribution in [3.8, 4) is 5.75 Å². The Morgan fingerprint density at radius 1 is 1.33 bits per heavy atom. The Balaban J connectivity index is 1.56. The van der Waals surface area contributed by atoms with E-state index in [1.165, 1.54) is 5.56 Å². The van der Waals surface area contributed by atoms with Gasteiger partial charge in [-0.1, -0.05) is 12.1 Å². The number of nitrogens with one attached hydrogen (secondary N) is 2. The number of aromatic nitrogens is 1. The van der Waals surface area contributed by atoms with Gasteiger partial charge in [-0.15, -0.1) is 0 Å². The standard InChI is InChI=1S/C17H21N3O/c1-13(20-12-15-4-2-3-7-18-15)10-14-5-6-17-16(11-14)19-8-9-21-17/h2-7,11,13,19-20H,8-10,12H2,1H3. The summed E-state index contributed by atoms with van der Waals surface area (Å²) in [5.41, 5.74) is 3.49. The van der Waals surface area contributed by atoms with Gasteiger partial charge in [0.05, 0.1) is 11.4 Å². The van der Waals surface area contributed by atoms with E-state index in [1.807, 2.05) is 24.4 Å². The number of ether oxygens (including phenoxy) is 1. The first kappa shape index (κ1) is 13.9. The molecular formula is C17H21N3O. The van der Waals surface area contributed by atoms with Gasteiger partial charge in [0.2, 0.25) is 0 Å². The summed E-state index contributed by atoms with van der Waals surface area (Å²) in [6.07, 6.45) is 2.82. The van der Waals surface area contributed by atoms with E-state index in [-0.39, 0.29) is 0 Å². The zero-order chi connectivity index (χ0) is 14.5. The molecule has 0 saturated heterocycles. The molecule has 1 aromatic heterocycles. The highest BCUT2D eigenvalue weighted by Gasteiger charge is 2.11. The van der Waals surface area contributed by atoms with Gasteiger partial charge in [0.1, 0.15) is 12.4 Å². The molecule has 0 aliphatic carbocycles. The molecule has 3 rings (SSSR count). The average molecular weight is 283 g/mol. The molecule has 2 heterocycles. The first-order chi connectivity index (χ1) is 10.3. The van der Waals surface area contributed by atoms with Crippen LogP contribution in [0.5, 0.6) is 5.75 Å². The zero-order valence-electron chi connectivity index (χ0n) is 12.3. The summed E-state index contributed by atoms with van der Waals surface area (Å²) < 4.78 is 5.60. The molecule has 110 valence electrons. The molecule has 0 bridgehead atoms. The van der Waals surface area contributed by atoms with Crippen LogP contribution in [0.4, 0.5) is 5.69 Å². The first-order valence-corrected chi connectivity index (χ1v) is 7.44. The zero-order valence-corrected chi connectivity index (χ0v) is 12.3. The van der Waals surface area contributed by atoms with E-state index in [2.05, 4.69) is 40.7 Å². The minimum absolute atomic E-state index is 0.398. The molecule has 0 fully saturated rings. The normalized spacial score (nSPS) is 14.7. The first-order valence-electron chi connectivity index (χ1n) is 7.44. The Kier molecular flexibility index (Phi) is 4.36. The van der Waals surface area contributed by atoms with Crippen molar-refractivity contribution in [2.45, 2.75) is 25.9 Å². The maximum absolute atomic E-state index is 5.60. The molecule has 2 aromatic rings. The fraction of sp³-hybridized carbons (Fsp3) is 0.353. The van der Waals surface area contributed by atoms with Crippen molar-refractivity contribution in [2.75, 3.05) is 18.5 Å². The molecule has 1 aromatic carbocycles. The van der Waals surface area contributed by atoms with Crippen LogP contribution in [0.2, 0.25) is 0 Å². The summed E-state index contributed by atoms with van der Waals surface area (Å²) in [6, 6.07) is 12.8. The van der Waals surface area contributed by atoms with Crippen molar-refractivity contribution in [3.05, 3.63) is 53.9 Å². The second-order valence-corrected chi connectivity index (χ2v) is 5.41. The second-order valence-electron chi connectivity index (χ2n) is 5.41. The predicted molar refractivity (Wildman–Crippen MR) is 84.7 cm³/mol. The van der Waals surface area contributed by atoms with Gasteiger partial charge in [-0.3, -0.25) is 4.98 Å². The fourth-order valence-electron chi connectivity index (χ4n) is 2.52. The number of hydrogen-bond donors (Lipinski definition) is 2. The number of nitrogens with zero attached hydrogens (tertiary/aromatic N) is 1. The highest BCUT2D eigenvalue weighted by Crippen LogP contribution is 2.28. The van der Waals surface area contributed by atoms with E-state index in [0.29, 0.717) is 6.04 Å². The molecule has 1 unspecified atom stereocenters. The lowest BCUT2D eigenvalue weighted by atomic mass is 10.1. The largest absolute Gasteiger partial charge is 0.490 e. The molecule has 0 amide bonds. The van der Waals surface area contributed by atoms with Crippen LogP contribution in [0.1, 0.15) is 18.2 Å². The van der Waals surface area contributed by atoms with Gasteiger partial charge < -0.3 is 15.4 Å². The minimum atomic E-state index is 0.398. The number of benzene rings is 1. The van der Waals surface area contributed by atoms with E-state index in [1.54, 1.807) is 0 Å². The van der Waals surface area contributed by atoms with E-state index in [9.17, 15) is 0 Å². The van der Waals surface area contributed by atoms with Crippen molar-refractivity contribution in [2.24, 2.45) is 0 Å². The highest BCUT2D eigenvalue weighted by atomic mass is 16.5. The van der Waals surface area contributed by atoms with Gasteiger partial charge in [-0.05, 0) is 43.2 Å². The molecule has 21 heavy (non-hydrogen) atoms. The molecular weight excluding hydrogens is 262 g/mol. The number of anilines is 1. The van der Waals surface area contributed by atoms with Crippen LogP contribution in [0.25, 0.3) is 0 Å². The van der Waals surface area contributed by atoms with Crippen molar-refractivity contribution in [1.29, 1.82) is 0 Å². The third-order valence-corrected chi connectivity index (χ3v) is 3.62. The molecule has 0 radical (unpaired) electrons. The lowest BCUT2D eigenvalue weighted by Crippen LogP contribution is -2.28. The molecule has 4 heteroatoms. The smallest absolute Gasteiger partial charge is 0.142 e. The van der Waals surface area contributed by atoms with Gasteiger partial charge in [0.25, 0.3) is 0 Å². The number of pyridine rings is 1. The Hall–Kier alpha value is -2.07. The summed E-state index contributed by atoms with van der Waals surface area (Å²) in [5, 5.41) is 6.89. The lowest BCUT2D eigenvalue weighted by Gasteiger charge is -2.20. The number of rotatable bonds is 5. The summed E-state index contributed by atoms with van der Waals surface area (Å²) in [5.74, 6) is 0.957. The highest BCUT2D eigenvalue weighted by molar-refractivity contribution is 5.59. The third kappa shape index (κ3) is 3.73. The van der Waals surface area contributed by atoms with Crippen molar-refractivity contribution in [1.82, 2.24) is 10.3 Å². The van der Waals surface area contributed by atoms with Crippen molar-refractivity contribution >= 4 is 5.69 Å². The van der Waals surface area contributed by atoms with Crippen LogP contribution in [0.15, 0.2) is 42.6 Å². The second kappa shape index (κ2) is 6.59. The summed E-state index contributed by atoms with van der Waals surface area (Å²) in [7, 11) is 0. The van der Waals surface area contributed by atoms with Crippen LogP contribution in [-0.4, -0.2) is 24.2 Å². The lowest BCUT2D eigenvalue weighted by molar-refractivity contribution is 0.323. The van der Waals surface area contributed by atoms with Crippen molar-refractivity contribution in [3.63, 3.8) is 0 Å². The monoisotopic (exact) mass is 283 g/mol. The van der Waals surface area contributed by atoms with Gasteiger partial charge in [-0.2, -0.15) is 0 Å². The van der Waals surface area contributed by atoms with Crippen molar-refractivity contribution < 1.29 is 4.74 Å². The summed E-state index contributed by atoms with van der Waals surface area (Å²) in [4.78, 5) is 4.33. The Bertz CT molecular complexity index is 586. The van der Waals surface area contributed by atoms with Crippen LogP contribution in [0, 0.1) is 0 Å². The maximum Gasteiger partial charge on any atom is 0.142 e. The molecule has 1 aliphatic rings. The quantitative estimate of drug-likeness (QED) is 0.885. The average Bonchev–Trinajstić information content (AvgIpc) is 2.54. The van der Waals surface area contributed by atoms with Crippen LogP contribution in [0.3, 0.4) is 0 Å². The van der Waals surface area contributed by atoms with Gasteiger partial charge in [0, 0.05) is 25.3 Å². The van der Waals surface area contributed by atoms with Gasteiger partial charge in [0.15, 0.2) is 0 Å². The number of fused-ring (bicyclic) bond motifs is 1. The maximum atomic E-state index is 5.60. The van der Waals surface area contributed by atoms with E-state index in [0.717, 1.165) is 43.2 Å². The van der Waals surface area contributed by atoms with Crippen LogP contribution < -0.4 is 15.4 Å². The summed E-state index contributed by atoms with van der Waals surface area (Å²) >= 11 is 0. The third-order valence-electron chi connectivity index (χ3n) is 3.62. The predicted octanol–water partition coefficient (Wildman–Crippen LogP) is 2.61. The molecule has 2 N–H and O–H groups in total. The molecule has 4 nitrogen and oxygen atoms in total. The topological polar surface area (TPSA) is 46.2 Å². The van der Waals surface area contributed by atoms with Crippen LogP contribution in [-0.2, 0) is 13.0 Å². The molecule has 0 spiro atoms. The molecule has 1 aliphatic heterocycles. The van der Waals surface area contributed by atoms with E-state index >= 15 is 0 Å². The van der Waals surface area contributed by atoms with E-state index in [4.69, 9.17) is 4.74 Å². The molecule has 1 atom stereocenters. The van der Waals surface area contributed by atoms with Gasteiger partial charge >= 0.3 is 0 Å². The Morgan fingerprint density at radius 2 is 2.29 bits per heavy atom. The van der Waals surface area contributed by atoms with Crippen LogP contribution >= 0.6 is 0 Å². The fourth-order valence-corrected chi connectivity index (χ4v) is 2.52. The van der Waals surface area contributed by atoms with E-state index < -0.39 is 0 Å². The van der Waals surface area contributed by atoms with Gasteiger partial charge in [-0.25, -0.2) is 0 Å². The molecule has 0 saturated carbocycles.